The van der Waals surface area contributed by atoms with Crippen molar-refractivity contribution in [3.8, 4) is 0 Å². The van der Waals surface area contributed by atoms with Crippen molar-refractivity contribution < 1.29 is 5.11 Å². The first-order chi connectivity index (χ1) is 8.83. The number of rotatable bonds is 5. The van der Waals surface area contributed by atoms with Crippen LogP contribution in [0.3, 0.4) is 0 Å². The second-order valence-electron chi connectivity index (χ2n) is 5.20. The Labute approximate surface area is 107 Å². The highest BCUT2D eigenvalue weighted by Crippen LogP contribution is 2.48. The van der Waals surface area contributed by atoms with Gasteiger partial charge in [0.05, 0.1) is 5.52 Å². The van der Waals surface area contributed by atoms with Gasteiger partial charge < -0.3 is 10.4 Å². The molecule has 1 fully saturated rings. The quantitative estimate of drug-likeness (QED) is 0.847. The van der Waals surface area contributed by atoms with Gasteiger partial charge in [-0.1, -0.05) is 18.2 Å². The zero-order valence-corrected chi connectivity index (χ0v) is 10.4. The molecule has 18 heavy (non-hydrogen) atoms. The molecule has 0 radical (unpaired) electrons. The van der Waals surface area contributed by atoms with Crippen molar-refractivity contribution in [2.45, 2.75) is 19.3 Å². The molecule has 2 aromatic rings. The Hall–Kier alpha value is -1.61. The Balaban J connectivity index is 1.79. The summed E-state index contributed by atoms with van der Waals surface area (Å²) in [7, 11) is 0. The maximum absolute atomic E-state index is 9.07. The van der Waals surface area contributed by atoms with Gasteiger partial charge in [-0.25, -0.2) is 0 Å². The highest BCUT2D eigenvalue weighted by Gasteiger charge is 2.41. The van der Waals surface area contributed by atoms with Crippen molar-refractivity contribution >= 4 is 16.6 Å². The third-order valence-electron chi connectivity index (χ3n) is 3.90. The molecule has 1 aromatic carbocycles. The van der Waals surface area contributed by atoms with E-state index in [1.54, 1.807) is 0 Å². The molecule has 1 aliphatic rings. The zero-order chi connectivity index (χ0) is 12.4. The van der Waals surface area contributed by atoms with Gasteiger partial charge in [0.25, 0.3) is 0 Å². The number of hydrogen-bond donors (Lipinski definition) is 2. The molecule has 3 rings (SSSR count). The third-order valence-corrected chi connectivity index (χ3v) is 3.90. The van der Waals surface area contributed by atoms with Crippen molar-refractivity contribution in [2.75, 3.05) is 18.5 Å². The number of nitrogens with zero attached hydrogens (tertiary/aromatic N) is 1. The van der Waals surface area contributed by atoms with E-state index in [1.807, 2.05) is 30.5 Å². The number of benzene rings is 1. The predicted molar refractivity (Wildman–Crippen MR) is 73.6 cm³/mol. The number of aliphatic hydroxyl groups excluding tert-OH is 1. The summed E-state index contributed by atoms with van der Waals surface area (Å²) in [4.78, 5) is 4.36. The third kappa shape index (κ3) is 2.18. The van der Waals surface area contributed by atoms with Gasteiger partial charge in [-0.2, -0.15) is 0 Å². The number of aromatic nitrogens is 1. The van der Waals surface area contributed by atoms with E-state index in [0.29, 0.717) is 12.0 Å². The second kappa shape index (κ2) is 4.58. The van der Waals surface area contributed by atoms with E-state index < -0.39 is 0 Å². The summed E-state index contributed by atoms with van der Waals surface area (Å²) in [6, 6.07) is 10.2. The number of nitrogens with one attached hydrogen (secondary N) is 1. The Bertz CT molecular complexity index is 544. The van der Waals surface area contributed by atoms with E-state index in [2.05, 4.69) is 16.4 Å². The molecule has 1 aliphatic carbocycles. The van der Waals surface area contributed by atoms with Crippen LogP contribution in [-0.2, 0) is 0 Å². The van der Waals surface area contributed by atoms with Crippen molar-refractivity contribution in [2.24, 2.45) is 5.41 Å². The topological polar surface area (TPSA) is 45.1 Å². The first kappa shape index (κ1) is 11.5. The van der Waals surface area contributed by atoms with Crippen molar-refractivity contribution in [3.63, 3.8) is 0 Å². The van der Waals surface area contributed by atoms with Gasteiger partial charge in [0.1, 0.15) is 0 Å². The molecule has 0 atom stereocenters. The van der Waals surface area contributed by atoms with Crippen LogP contribution in [0.25, 0.3) is 10.9 Å². The fourth-order valence-electron chi connectivity index (χ4n) is 2.46. The molecule has 1 saturated carbocycles. The molecule has 0 spiro atoms. The van der Waals surface area contributed by atoms with Gasteiger partial charge in [0.15, 0.2) is 0 Å². The normalized spacial score (nSPS) is 16.7. The number of fused-ring (bicyclic) bond motifs is 1. The predicted octanol–water partition coefficient (Wildman–Crippen LogP) is 2.81. The van der Waals surface area contributed by atoms with Gasteiger partial charge in [0, 0.05) is 30.4 Å². The van der Waals surface area contributed by atoms with Crippen LogP contribution in [-0.4, -0.2) is 23.2 Å². The Morgan fingerprint density at radius 3 is 2.83 bits per heavy atom. The fraction of sp³-hybridized carbons (Fsp3) is 0.400. The molecule has 0 aliphatic heterocycles. The smallest absolute Gasteiger partial charge is 0.0722 e. The number of hydrogen-bond acceptors (Lipinski definition) is 3. The van der Waals surface area contributed by atoms with E-state index in [4.69, 9.17) is 5.11 Å². The maximum Gasteiger partial charge on any atom is 0.0722 e. The van der Waals surface area contributed by atoms with Gasteiger partial charge in [-0.3, -0.25) is 4.98 Å². The largest absolute Gasteiger partial charge is 0.396 e. The number of para-hydroxylation sites is 1. The van der Waals surface area contributed by atoms with E-state index in [-0.39, 0.29) is 0 Å². The summed E-state index contributed by atoms with van der Waals surface area (Å²) in [5, 5.41) is 13.8. The van der Waals surface area contributed by atoms with Crippen molar-refractivity contribution in [1.82, 2.24) is 4.98 Å². The highest BCUT2D eigenvalue weighted by atomic mass is 16.3. The van der Waals surface area contributed by atoms with Gasteiger partial charge in [0.2, 0.25) is 0 Å². The molecular weight excluding hydrogens is 224 g/mol. The van der Waals surface area contributed by atoms with E-state index in [1.165, 1.54) is 18.2 Å². The number of aliphatic hydroxyl groups is 1. The molecule has 0 saturated heterocycles. The summed E-state index contributed by atoms with van der Waals surface area (Å²) in [5.74, 6) is 0. The van der Waals surface area contributed by atoms with Gasteiger partial charge in [-0.05, 0) is 36.8 Å². The average Bonchev–Trinajstić information content (AvgIpc) is 3.17. The Morgan fingerprint density at radius 1 is 1.22 bits per heavy atom. The molecule has 0 bridgehead atoms. The molecule has 3 heteroatoms. The molecular formula is C15H18N2O. The standard InChI is InChI=1S/C15H18N2O/c18-10-8-15(6-7-15)11-17-14-5-9-16-13-4-2-1-3-12(13)14/h1-5,9,18H,6-8,10-11H2,(H,16,17). The van der Waals surface area contributed by atoms with Crippen LogP contribution in [0, 0.1) is 5.41 Å². The minimum Gasteiger partial charge on any atom is -0.396 e. The van der Waals surface area contributed by atoms with Gasteiger partial charge >= 0.3 is 0 Å². The zero-order valence-electron chi connectivity index (χ0n) is 10.4. The van der Waals surface area contributed by atoms with Crippen LogP contribution in [0.4, 0.5) is 5.69 Å². The molecule has 1 heterocycles. The first-order valence-electron chi connectivity index (χ1n) is 6.52. The lowest BCUT2D eigenvalue weighted by atomic mass is 10.0. The minimum absolute atomic E-state index is 0.290. The van der Waals surface area contributed by atoms with Crippen LogP contribution in [0.15, 0.2) is 36.5 Å². The van der Waals surface area contributed by atoms with E-state index in [9.17, 15) is 0 Å². The summed E-state index contributed by atoms with van der Waals surface area (Å²) in [6.45, 7) is 1.24. The summed E-state index contributed by atoms with van der Waals surface area (Å²) in [6.07, 6.45) is 5.20. The lowest BCUT2D eigenvalue weighted by Gasteiger charge is -2.16. The SMILES string of the molecule is OCCC1(CNc2ccnc3ccccc23)CC1. The molecule has 2 N–H and O–H groups in total. The lowest BCUT2D eigenvalue weighted by molar-refractivity contribution is 0.253. The Kier molecular flexibility index (Phi) is 2.92. The molecule has 3 nitrogen and oxygen atoms in total. The second-order valence-corrected chi connectivity index (χ2v) is 5.20. The first-order valence-corrected chi connectivity index (χ1v) is 6.52. The monoisotopic (exact) mass is 242 g/mol. The van der Waals surface area contributed by atoms with Crippen LogP contribution in [0.2, 0.25) is 0 Å². The molecule has 0 unspecified atom stereocenters. The van der Waals surface area contributed by atoms with E-state index in [0.717, 1.165) is 24.2 Å². The molecule has 0 amide bonds. The van der Waals surface area contributed by atoms with Gasteiger partial charge in [-0.15, -0.1) is 0 Å². The lowest BCUT2D eigenvalue weighted by Crippen LogP contribution is -2.16. The molecule has 94 valence electrons. The number of anilines is 1. The fourth-order valence-corrected chi connectivity index (χ4v) is 2.46. The summed E-state index contributed by atoms with van der Waals surface area (Å²) < 4.78 is 0. The van der Waals surface area contributed by atoms with Crippen LogP contribution in [0.5, 0.6) is 0 Å². The van der Waals surface area contributed by atoms with E-state index >= 15 is 0 Å². The Morgan fingerprint density at radius 2 is 2.06 bits per heavy atom. The summed E-state index contributed by atoms with van der Waals surface area (Å²) >= 11 is 0. The van der Waals surface area contributed by atoms with Crippen molar-refractivity contribution in [1.29, 1.82) is 0 Å². The maximum atomic E-state index is 9.07. The average molecular weight is 242 g/mol. The number of pyridine rings is 1. The summed E-state index contributed by atoms with van der Waals surface area (Å²) in [5.41, 5.74) is 2.50. The highest BCUT2D eigenvalue weighted by molar-refractivity contribution is 5.90. The molecule has 1 aromatic heterocycles. The van der Waals surface area contributed by atoms with Crippen LogP contribution >= 0.6 is 0 Å². The minimum atomic E-state index is 0.290. The van der Waals surface area contributed by atoms with Crippen LogP contribution < -0.4 is 5.32 Å². The van der Waals surface area contributed by atoms with Crippen molar-refractivity contribution in [3.05, 3.63) is 36.5 Å². The van der Waals surface area contributed by atoms with Crippen LogP contribution in [0.1, 0.15) is 19.3 Å².